The number of alkyl halides is 1. The summed E-state index contributed by atoms with van der Waals surface area (Å²) < 4.78 is 2.00. The summed E-state index contributed by atoms with van der Waals surface area (Å²) in [6.45, 7) is 6.14. The molecule has 0 saturated heterocycles. The minimum atomic E-state index is 0.382. The molecule has 0 aromatic carbocycles. The van der Waals surface area contributed by atoms with Gasteiger partial charge in [-0.15, -0.1) is 11.6 Å². The molecule has 1 aliphatic carbocycles. The number of nitrogens with one attached hydrogen (secondary N) is 1. The van der Waals surface area contributed by atoms with E-state index in [1.165, 1.54) is 12.8 Å². The lowest BCUT2D eigenvalue weighted by Gasteiger charge is -2.25. The number of hydrogen-bond acceptors (Lipinski definition) is 3. The maximum absolute atomic E-state index is 6.11. The lowest BCUT2D eigenvalue weighted by atomic mass is 9.95. The fourth-order valence-corrected chi connectivity index (χ4v) is 2.67. The maximum Gasteiger partial charge on any atom is 0.140 e. The first-order valence-electron chi connectivity index (χ1n) is 6.89. The molecule has 1 aromatic rings. The Labute approximate surface area is 114 Å². The van der Waals surface area contributed by atoms with Crippen LogP contribution in [0.25, 0.3) is 0 Å². The van der Waals surface area contributed by atoms with Crippen molar-refractivity contribution >= 4 is 11.6 Å². The molecule has 0 bridgehead atoms. The third kappa shape index (κ3) is 3.95. The van der Waals surface area contributed by atoms with Gasteiger partial charge in [-0.1, -0.05) is 13.8 Å². The second kappa shape index (κ2) is 6.53. The minimum Gasteiger partial charge on any atom is -0.307 e. The molecule has 0 spiro atoms. The third-order valence-electron chi connectivity index (χ3n) is 3.44. The van der Waals surface area contributed by atoms with Gasteiger partial charge in [0, 0.05) is 18.0 Å². The summed E-state index contributed by atoms with van der Waals surface area (Å²) in [5.41, 5.74) is 0. The summed E-state index contributed by atoms with van der Waals surface area (Å²) in [4.78, 5) is 4.33. The van der Waals surface area contributed by atoms with Crippen molar-refractivity contribution in [3.8, 4) is 0 Å². The van der Waals surface area contributed by atoms with Crippen LogP contribution in [-0.2, 0) is 13.1 Å². The first-order chi connectivity index (χ1) is 8.65. The van der Waals surface area contributed by atoms with Crippen LogP contribution in [0.3, 0.4) is 0 Å². The molecule has 0 amide bonds. The number of aromatic nitrogens is 3. The normalized spacial score (nSPS) is 24.7. The van der Waals surface area contributed by atoms with Crippen molar-refractivity contribution in [3.05, 3.63) is 12.2 Å². The second-order valence-corrected chi connectivity index (χ2v) is 6.20. The molecule has 5 heteroatoms. The van der Waals surface area contributed by atoms with Gasteiger partial charge in [0.2, 0.25) is 0 Å². The van der Waals surface area contributed by atoms with Crippen molar-refractivity contribution in [2.45, 2.75) is 64.0 Å². The predicted molar refractivity (Wildman–Crippen MR) is 73.6 cm³/mol. The standard InChI is InChI=1S/C13H23ClN4/c1-10(2)8-18-13(16-9-17-18)7-15-12-5-3-11(14)4-6-12/h9-12,15H,3-8H2,1-2H3. The number of hydrogen-bond donors (Lipinski definition) is 1. The zero-order valence-corrected chi connectivity index (χ0v) is 12.0. The molecule has 0 atom stereocenters. The molecule has 102 valence electrons. The van der Waals surface area contributed by atoms with Crippen molar-refractivity contribution in [1.29, 1.82) is 0 Å². The number of nitrogens with zero attached hydrogens (tertiary/aromatic N) is 3. The molecule has 1 saturated carbocycles. The van der Waals surface area contributed by atoms with E-state index in [0.29, 0.717) is 17.3 Å². The van der Waals surface area contributed by atoms with Gasteiger partial charge in [-0.2, -0.15) is 5.10 Å². The Morgan fingerprint density at radius 1 is 1.39 bits per heavy atom. The average Bonchev–Trinajstić information content (AvgIpc) is 2.75. The van der Waals surface area contributed by atoms with Gasteiger partial charge in [0.15, 0.2) is 0 Å². The molecule has 1 fully saturated rings. The van der Waals surface area contributed by atoms with Gasteiger partial charge in [0.1, 0.15) is 12.2 Å². The van der Waals surface area contributed by atoms with Crippen LogP contribution in [-0.4, -0.2) is 26.2 Å². The summed E-state index contributed by atoms with van der Waals surface area (Å²) in [7, 11) is 0. The van der Waals surface area contributed by atoms with E-state index < -0.39 is 0 Å². The zero-order chi connectivity index (χ0) is 13.0. The lowest BCUT2D eigenvalue weighted by molar-refractivity contribution is 0.365. The largest absolute Gasteiger partial charge is 0.307 e. The lowest BCUT2D eigenvalue weighted by Crippen LogP contribution is -2.34. The fraction of sp³-hybridized carbons (Fsp3) is 0.846. The first-order valence-corrected chi connectivity index (χ1v) is 7.33. The Balaban J connectivity index is 1.81. The van der Waals surface area contributed by atoms with Crippen LogP contribution in [0.15, 0.2) is 6.33 Å². The van der Waals surface area contributed by atoms with Gasteiger partial charge < -0.3 is 5.32 Å². The monoisotopic (exact) mass is 270 g/mol. The van der Waals surface area contributed by atoms with Crippen LogP contribution in [0, 0.1) is 5.92 Å². The Morgan fingerprint density at radius 3 is 2.78 bits per heavy atom. The average molecular weight is 271 g/mol. The smallest absolute Gasteiger partial charge is 0.140 e. The Hall–Kier alpha value is -0.610. The van der Waals surface area contributed by atoms with E-state index in [9.17, 15) is 0 Å². The topological polar surface area (TPSA) is 42.7 Å². The quantitative estimate of drug-likeness (QED) is 0.837. The van der Waals surface area contributed by atoms with Crippen molar-refractivity contribution in [1.82, 2.24) is 20.1 Å². The van der Waals surface area contributed by atoms with Crippen LogP contribution < -0.4 is 5.32 Å². The molecule has 1 N–H and O–H groups in total. The van der Waals surface area contributed by atoms with Gasteiger partial charge in [-0.3, -0.25) is 0 Å². The Morgan fingerprint density at radius 2 is 2.11 bits per heavy atom. The predicted octanol–water partition coefficient (Wildman–Crippen LogP) is 2.57. The summed E-state index contributed by atoms with van der Waals surface area (Å²) in [6.07, 6.45) is 6.24. The van der Waals surface area contributed by atoms with Gasteiger partial charge >= 0.3 is 0 Å². The van der Waals surface area contributed by atoms with Crippen LogP contribution in [0.1, 0.15) is 45.4 Å². The van der Waals surface area contributed by atoms with Crippen molar-refractivity contribution < 1.29 is 0 Å². The highest BCUT2D eigenvalue weighted by Crippen LogP contribution is 2.22. The number of halogens is 1. The summed E-state index contributed by atoms with van der Waals surface area (Å²) in [5.74, 6) is 1.63. The molecule has 1 aliphatic rings. The SMILES string of the molecule is CC(C)Cn1ncnc1CNC1CCC(Cl)CC1. The Kier molecular flexibility index (Phi) is 5.01. The van der Waals surface area contributed by atoms with Gasteiger partial charge in [0.05, 0.1) is 6.54 Å². The van der Waals surface area contributed by atoms with Crippen LogP contribution in [0.2, 0.25) is 0 Å². The van der Waals surface area contributed by atoms with Gasteiger partial charge in [-0.25, -0.2) is 9.67 Å². The molecular formula is C13H23ClN4. The van der Waals surface area contributed by atoms with E-state index >= 15 is 0 Å². The van der Waals surface area contributed by atoms with E-state index in [2.05, 4.69) is 29.2 Å². The summed E-state index contributed by atoms with van der Waals surface area (Å²) in [6, 6.07) is 0.587. The van der Waals surface area contributed by atoms with Crippen molar-refractivity contribution in [2.24, 2.45) is 5.92 Å². The van der Waals surface area contributed by atoms with Gasteiger partial charge in [-0.05, 0) is 31.6 Å². The van der Waals surface area contributed by atoms with E-state index in [1.54, 1.807) is 6.33 Å². The van der Waals surface area contributed by atoms with E-state index in [-0.39, 0.29) is 0 Å². The van der Waals surface area contributed by atoms with Crippen molar-refractivity contribution in [3.63, 3.8) is 0 Å². The summed E-state index contributed by atoms with van der Waals surface area (Å²) in [5, 5.41) is 8.23. The van der Waals surface area contributed by atoms with Crippen LogP contribution >= 0.6 is 11.6 Å². The molecule has 0 unspecified atom stereocenters. The molecule has 0 aliphatic heterocycles. The molecular weight excluding hydrogens is 248 g/mol. The van der Waals surface area contributed by atoms with E-state index in [4.69, 9.17) is 11.6 Å². The molecule has 0 radical (unpaired) electrons. The van der Waals surface area contributed by atoms with Gasteiger partial charge in [0.25, 0.3) is 0 Å². The highest BCUT2D eigenvalue weighted by Gasteiger charge is 2.19. The number of rotatable bonds is 5. The first kappa shape index (κ1) is 13.8. The maximum atomic E-state index is 6.11. The highest BCUT2D eigenvalue weighted by atomic mass is 35.5. The minimum absolute atomic E-state index is 0.382. The molecule has 18 heavy (non-hydrogen) atoms. The summed E-state index contributed by atoms with van der Waals surface area (Å²) >= 11 is 6.11. The molecule has 1 heterocycles. The fourth-order valence-electron chi connectivity index (χ4n) is 2.42. The van der Waals surface area contributed by atoms with E-state index in [0.717, 1.165) is 31.8 Å². The second-order valence-electron chi connectivity index (χ2n) is 5.58. The zero-order valence-electron chi connectivity index (χ0n) is 11.3. The molecule has 1 aromatic heterocycles. The van der Waals surface area contributed by atoms with Crippen LogP contribution in [0.4, 0.5) is 0 Å². The van der Waals surface area contributed by atoms with Crippen molar-refractivity contribution in [2.75, 3.05) is 0 Å². The third-order valence-corrected chi connectivity index (χ3v) is 3.88. The Bertz CT molecular complexity index is 356. The van der Waals surface area contributed by atoms with Crippen LogP contribution in [0.5, 0.6) is 0 Å². The highest BCUT2D eigenvalue weighted by molar-refractivity contribution is 6.20. The van der Waals surface area contributed by atoms with E-state index in [1.807, 2.05) is 4.68 Å². The molecule has 4 nitrogen and oxygen atoms in total. The molecule has 2 rings (SSSR count).